The van der Waals surface area contributed by atoms with E-state index >= 15 is 0 Å². The molecule has 1 rings (SSSR count). The zero-order chi connectivity index (χ0) is 15.2. The van der Waals surface area contributed by atoms with Gasteiger partial charge in [0.15, 0.2) is 0 Å². The molecule has 0 unspecified atom stereocenters. The minimum absolute atomic E-state index is 0.126. The Hall–Kier alpha value is -2.39. The zero-order valence-electron chi connectivity index (χ0n) is 11.6. The van der Waals surface area contributed by atoms with Crippen LogP contribution >= 0.6 is 0 Å². The van der Waals surface area contributed by atoms with E-state index in [-0.39, 0.29) is 18.8 Å². The van der Waals surface area contributed by atoms with Crippen LogP contribution in [0.15, 0.2) is 18.3 Å². The number of nitrogens with zero attached hydrogens (tertiary/aromatic N) is 1. The van der Waals surface area contributed by atoms with Crippen molar-refractivity contribution in [2.75, 3.05) is 13.1 Å². The number of carbonyl (C=O) groups is 2. The number of hydrogen-bond donors (Lipinski definition) is 3. The topological polar surface area (TPSA) is 111 Å². The van der Waals surface area contributed by atoms with Gasteiger partial charge in [0, 0.05) is 12.7 Å². The first-order chi connectivity index (χ1) is 9.38. The Bertz CT molecular complexity index is 570. The van der Waals surface area contributed by atoms with Gasteiger partial charge in [0.05, 0.1) is 17.5 Å². The largest absolute Gasteiger partial charge is 0.369 e. The third-order valence-corrected chi connectivity index (χ3v) is 2.71. The van der Waals surface area contributed by atoms with E-state index in [4.69, 9.17) is 11.5 Å². The third-order valence-electron chi connectivity index (χ3n) is 2.71. The second kappa shape index (κ2) is 6.68. The molecule has 0 aliphatic carbocycles. The van der Waals surface area contributed by atoms with Gasteiger partial charge in [-0.25, -0.2) is 4.98 Å². The Morgan fingerprint density at radius 3 is 2.75 bits per heavy atom. The highest BCUT2D eigenvalue weighted by molar-refractivity contribution is 5.95. The van der Waals surface area contributed by atoms with Gasteiger partial charge in [-0.15, -0.1) is 0 Å². The van der Waals surface area contributed by atoms with E-state index in [0.29, 0.717) is 5.56 Å². The first-order valence-electron chi connectivity index (χ1n) is 6.10. The molecule has 0 radical (unpaired) electrons. The Labute approximate surface area is 117 Å². The third kappa shape index (κ3) is 4.07. The normalized spacial score (nSPS) is 10.3. The summed E-state index contributed by atoms with van der Waals surface area (Å²) in [6, 6.07) is 3.37. The number of pyridine rings is 1. The summed E-state index contributed by atoms with van der Waals surface area (Å²) >= 11 is 0. The predicted molar refractivity (Wildman–Crippen MR) is 75.5 cm³/mol. The number of carbonyl (C=O) groups excluding carboxylic acids is 2. The molecule has 0 atom stereocenters. The molecular weight excluding hydrogens is 256 g/mol. The molecule has 0 aliphatic rings. The summed E-state index contributed by atoms with van der Waals surface area (Å²) in [6.07, 6.45) is 1.50. The van der Waals surface area contributed by atoms with Crippen LogP contribution < -0.4 is 16.8 Å². The first kappa shape index (κ1) is 15.7. The highest BCUT2D eigenvalue weighted by Crippen LogP contribution is 2.12. The van der Waals surface area contributed by atoms with Crippen molar-refractivity contribution in [3.63, 3.8) is 0 Å². The lowest BCUT2D eigenvalue weighted by Crippen LogP contribution is -2.42. The summed E-state index contributed by atoms with van der Waals surface area (Å²) in [6.45, 7) is 3.64. The molecule has 0 aromatic carbocycles. The van der Waals surface area contributed by atoms with Crippen molar-refractivity contribution in [2.24, 2.45) is 16.9 Å². The highest BCUT2D eigenvalue weighted by Gasteiger charge is 2.26. The molecule has 6 nitrogen and oxygen atoms in total. The standard InChI is InChI=1S/C14H18N4O2/c1-14(2,13(16)20)9-18-12(19)11-10(5-3-7-15)6-4-8-17-11/h4,6,8H,7,9,15H2,1-2H3,(H2,16,20)(H,18,19). The van der Waals surface area contributed by atoms with Crippen molar-refractivity contribution >= 4 is 11.8 Å². The number of amides is 2. The van der Waals surface area contributed by atoms with Crippen LogP contribution in [-0.4, -0.2) is 29.9 Å². The zero-order valence-corrected chi connectivity index (χ0v) is 11.6. The van der Waals surface area contributed by atoms with Gasteiger partial charge in [-0.3, -0.25) is 9.59 Å². The fraction of sp³-hybridized carbons (Fsp3) is 0.357. The van der Waals surface area contributed by atoms with Crippen molar-refractivity contribution in [3.05, 3.63) is 29.6 Å². The van der Waals surface area contributed by atoms with Crippen molar-refractivity contribution in [1.29, 1.82) is 0 Å². The summed E-state index contributed by atoms with van der Waals surface area (Å²) in [7, 11) is 0. The van der Waals surface area contributed by atoms with Crippen LogP contribution in [0.3, 0.4) is 0 Å². The van der Waals surface area contributed by atoms with Crippen molar-refractivity contribution in [2.45, 2.75) is 13.8 Å². The SMILES string of the molecule is CC(C)(CNC(=O)c1ncccc1C#CCN)C(N)=O. The Morgan fingerprint density at radius 1 is 1.45 bits per heavy atom. The van der Waals surface area contributed by atoms with Gasteiger partial charge in [0.1, 0.15) is 5.69 Å². The van der Waals surface area contributed by atoms with Crippen molar-refractivity contribution in [1.82, 2.24) is 10.3 Å². The fourth-order valence-electron chi connectivity index (χ4n) is 1.31. The van der Waals surface area contributed by atoms with E-state index in [1.807, 2.05) is 0 Å². The maximum absolute atomic E-state index is 12.1. The van der Waals surface area contributed by atoms with Crippen molar-refractivity contribution in [3.8, 4) is 11.8 Å². The van der Waals surface area contributed by atoms with Gasteiger partial charge in [-0.05, 0) is 26.0 Å². The molecule has 1 aromatic rings. The molecule has 0 fully saturated rings. The smallest absolute Gasteiger partial charge is 0.271 e. The minimum Gasteiger partial charge on any atom is -0.369 e. The molecule has 20 heavy (non-hydrogen) atoms. The molecular formula is C14H18N4O2. The summed E-state index contributed by atoms with van der Waals surface area (Å²) in [5.41, 5.74) is 10.4. The Kier molecular flexibility index (Phi) is 5.23. The first-order valence-corrected chi connectivity index (χ1v) is 6.10. The molecule has 0 saturated carbocycles. The van der Waals surface area contributed by atoms with E-state index < -0.39 is 17.2 Å². The summed E-state index contributed by atoms with van der Waals surface area (Å²) in [4.78, 5) is 27.3. The second-order valence-corrected chi connectivity index (χ2v) is 4.84. The molecule has 6 heteroatoms. The molecule has 0 saturated heterocycles. The fourth-order valence-corrected chi connectivity index (χ4v) is 1.31. The van der Waals surface area contributed by atoms with E-state index in [1.54, 1.807) is 26.0 Å². The molecule has 0 spiro atoms. The number of nitrogens with two attached hydrogens (primary N) is 2. The van der Waals surface area contributed by atoms with Gasteiger partial charge in [0.25, 0.3) is 5.91 Å². The van der Waals surface area contributed by atoms with Crippen LogP contribution in [0.25, 0.3) is 0 Å². The predicted octanol–water partition coefficient (Wildman–Crippen LogP) is -0.367. The maximum Gasteiger partial charge on any atom is 0.271 e. The summed E-state index contributed by atoms with van der Waals surface area (Å²) < 4.78 is 0. The van der Waals surface area contributed by atoms with Gasteiger partial charge in [-0.1, -0.05) is 11.8 Å². The van der Waals surface area contributed by atoms with E-state index in [0.717, 1.165) is 0 Å². The minimum atomic E-state index is -0.826. The van der Waals surface area contributed by atoms with Gasteiger partial charge < -0.3 is 16.8 Å². The van der Waals surface area contributed by atoms with E-state index in [2.05, 4.69) is 22.1 Å². The molecule has 0 bridgehead atoms. The maximum atomic E-state index is 12.1. The molecule has 2 amide bonds. The molecule has 5 N–H and O–H groups in total. The Balaban J connectivity index is 2.86. The lowest BCUT2D eigenvalue weighted by molar-refractivity contribution is -0.125. The van der Waals surface area contributed by atoms with Crippen LogP contribution in [0.2, 0.25) is 0 Å². The van der Waals surface area contributed by atoms with Crippen LogP contribution in [0, 0.1) is 17.3 Å². The lowest BCUT2D eigenvalue weighted by Gasteiger charge is -2.20. The van der Waals surface area contributed by atoms with E-state index in [1.165, 1.54) is 6.20 Å². The summed E-state index contributed by atoms with van der Waals surface area (Å²) in [5, 5.41) is 2.64. The van der Waals surface area contributed by atoms with Gasteiger partial charge in [0.2, 0.25) is 5.91 Å². The molecule has 106 valence electrons. The van der Waals surface area contributed by atoms with Crippen LogP contribution in [0.5, 0.6) is 0 Å². The Morgan fingerprint density at radius 2 is 2.15 bits per heavy atom. The summed E-state index contributed by atoms with van der Waals surface area (Å²) in [5.74, 6) is 4.57. The number of aromatic nitrogens is 1. The highest BCUT2D eigenvalue weighted by atomic mass is 16.2. The van der Waals surface area contributed by atoms with Crippen LogP contribution in [0.4, 0.5) is 0 Å². The average molecular weight is 274 g/mol. The number of nitrogens with one attached hydrogen (secondary N) is 1. The van der Waals surface area contributed by atoms with Crippen LogP contribution in [-0.2, 0) is 4.79 Å². The number of primary amides is 1. The van der Waals surface area contributed by atoms with Gasteiger partial charge in [-0.2, -0.15) is 0 Å². The molecule has 1 aromatic heterocycles. The number of rotatable bonds is 4. The van der Waals surface area contributed by atoms with Crippen LogP contribution in [0.1, 0.15) is 29.9 Å². The number of hydrogen-bond acceptors (Lipinski definition) is 4. The monoisotopic (exact) mass is 274 g/mol. The second-order valence-electron chi connectivity index (χ2n) is 4.84. The van der Waals surface area contributed by atoms with Gasteiger partial charge >= 0.3 is 0 Å². The van der Waals surface area contributed by atoms with E-state index in [9.17, 15) is 9.59 Å². The van der Waals surface area contributed by atoms with Crippen molar-refractivity contribution < 1.29 is 9.59 Å². The lowest BCUT2D eigenvalue weighted by atomic mass is 9.93. The average Bonchev–Trinajstić information content (AvgIpc) is 2.42. The quantitative estimate of drug-likeness (QED) is 0.650. The molecule has 0 aliphatic heterocycles. The molecule has 1 heterocycles.